The van der Waals surface area contributed by atoms with Crippen LogP contribution in [-0.2, 0) is 7.05 Å². The molecule has 104 valence electrons. The van der Waals surface area contributed by atoms with E-state index in [0.29, 0.717) is 10.7 Å². The van der Waals surface area contributed by atoms with E-state index in [1.807, 2.05) is 0 Å². The van der Waals surface area contributed by atoms with Gasteiger partial charge in [0, 0.05) is 12.7 Å². The summed E-state index contributed by atoms with van der Waals surface area (Å²) in [5.41, 5.74) is 0.223. The maximum Gasteiger partial charge on any atom is 0.394 e. The van der Waals surface area contributed by atoms with Gasteiger partial charge in [-0.15, -0.1) is 0 Å². The fourth-order valence-electron chi connectivity index (χ4n) is 1.58. The van der Waals surface area contributed by atoms with Crippen LogP contribution in [0.15, 0.2) is 24.5 Å². The van der Waals surface area contributed by atoms with Crippen molar-refractivity contribution in [1.82, 2.24) is 9.55 Å². The monoisotopic (exact) mass is 314 g/mol. The van der Waals surface area contributed by atoms with Crippen molar-refractivity contribution in [3.8, 4) is 0 Å². The van der Waals surface area contributed by atoms with Crippen molar-refractivity contribution < 1.29 is 9.72 Å². The Morgan fingerprint density at radius 3 is 2.70 bits per heavy atom. The highest BCUT2D eigenvalue weighted by Gasteiger charge is 2.26. The lowest BCUT2D eigenvalue weighted by Gasteiger charge is -2.06. The summed E-state index contributed by atoms with van der Waals surface area (Å²) < 4.78 is 1.27. The molecule has 20 heavy (non-hydrogen) atoms. The summed E-state index contributed by atoms with van der Waals surface area (Å²) >= 11 is 11.6. The Kier molecular flexibility index (Phi) is 3.91. The first kappa shape index (κ1) is 14.3. The van der Waals surface area contributed by atoms with Gasteiger partial charge in [0.15, 0.2) is 0 Å². The normalized spacial score (nSPS) is 10.3. The fraction of sp³-hybridized carbons (Fsp3) is 0.0909. The van der Waals surface area contributed by atoms with Gasteiger partial charge in [-0.3, -0.25) is 4.79 Å². The zero-order valence-electron chi connectivity index (χ0n) is 10.1. The quantitative estimate of drug-likeness (QED) is 0.696. The van der Waals surface area contributed by atoms with Gasteiger partial charge in [0.25, 0.3) is 5.91 Å². The SMILES string of the molecule is Cn1cnc([N+](=O)[O-])c1C(=O)Nc1ccc(Cl)c(Cl)c1. The molecular formula is C11H8Cl2N4O3. The number of benzene rings is 1. The first-order chi connectivity index (χ1) is 9.40. The molecule has 0 saturated carbocycles. The molecule has 1 aromatic heterocycles. The van der Waals surface area contributed by atoms with Crippen LogP contribution >= 0.6 is 23.2 Å². The van der Waals surface area contributed by atoms with Gasteiger partial charge < -0.3 is 20.0 Å². The van der Waals surface area contributed by atoms with Crippen molar-refractivity contribution in [3.05, 3.63) is 50.4 Å². The van der Waals surface area contributed by atoms with E-state index in [9.17, 15) is 14.9 Å². The molecule has 1 amide bonds. The zero-order valence-corrected chi connectivity index (χ0v) is 11.6. The number of rotatable bonds is 3. The van der Waals surface area contributed by atoms with Gasteiger partial charge in [0.2, 0.25) is 12.0 Å². The van der Waals surface area contributed by atoms with Crippen LogP contribution in [0.3, 0.4) is 0 Å². The molecule has 2 aromatic rings. The summed E-state index contributed by atoms with van der Waals surface area (Å²) in [5, 5.41) is 13.9. The van der Waals surface area contributed by atoms with Crippen molar-refractivity contribution in [2.24, 2.45) is 7.05 Å². The Morgan fingerprint density at radius 1 is 1.40 bits per heavy atom. The van der Waals surface area contributed by atoms with Gasteiger partial charge in [-0.2, -0.15) is 0 Å². The van der Waals surface area contributed by atoms with Gasteiger partial charge in [0.1, 0.15) is 0 Å². The van der Waals surface area contributed by atoms with Crippen molar-refractivity contribution >= 4 is 40.6 Å². The molecule has 0 spiro atoms. The Hall–Kier alpha value is -2.12. The predicted molar refractivity (Wildman–Crippen MR) is 74.3 cm³/mol. The zero-order chi connectivity index (χ0) is 14.9. The van der Waals surface area contributed by atoms with Crippen LogP contribution in [0.2, 0.25) is 10.0 Å². The van der Waals surface area contributed by atoms with Gasteiger partial charge in [-0.1, -0.05) is 23.2 Å². The summed E-state index contributed by atoms with van der Waals surface area (Å²) in [6.45, 7) is 0. The molecule has 1 N–H and O–H groups in total. The Morgan fingerprint density at radius 2 is 2.10 bits per heavy atom. The summed E-state index contributed by atoms with van der Waals surface area (Å²) in [7, 11) is 1.49. The largest absolute Gasteiger partial charge is 0.394 e. The van der Waals surface area contributed by atoms with Gasteiger partial charge in [-0.25, -0.2) is 0 Å². The number of aromatic nitrogens is 2. The molecule has 0 fully saturated rings. The van der Waals surface area contributed by atoms with E-state index in [4.69, 9.17) is 23.2 Å². The van der Waals surface area contributed by atoms with Crippen LogP contribution in [0, 0.1) is 10.1 Å². The maximum atomic E-state index is 12.1. The van der Waals surface area contributed by atoms with Crippen LogP contribution in [0.4, 0.5) is 11.5 Å². The first-order valence-corrected chi connectivity index (χ1v) is 6.08. The molecule has 0 aliphatic heterocycles. The second-order valence-corrected chi connectivity index (χ2v) is 4.68. The molecule has 0 saturated heterocycles. The van der Waals surface area contributed by atoms with Gasteiger partial charge in [-0.05, 0) is 28.1 Å². The molecule has 1 heterocycles. The number of nitrogens with zero attached hydrogens (tertiary/aromatic N) is 3. The number of carbonyl (C=O) groups excluding carboxylic acids is 1. The maximum absolute atomic E-state index is 12.1. The fourth-order valence-corrected chi connectivity index (χ4v) is 1.88. The van der Waals surface area contributed by atoms with Crippen LogP contribution in [0.1, 0.15) is 10.5 Å². The molecule has 1 aromatic carbocycles. The molecule has 0 aliphatic rings. The lowest BCUT2D eigenvalue weighted by Crippen LogP contribution is -2.17. The third-order valence-corrected chi connectivity index (χ3v) is 3.22. The standard InChI is InChI=1S/C11H8Cl2N4O3/c1-16-5-14-10(17(19)20)9(16)11(18)15-6-2-3-7(12)8(13)4-6/h2-5H,1H3,(H,15,18). The van der Waals surface area contributed by atoms with E-state index < -0.39 is 16.6 Å². The molecule has 0 unspecified atom stereocenters. The number of nitrogens with one attached hydrogen (secondary N) is 1. The van der Waals surface area contributed by atoms with E-state index in [0.717, 1.165) is 0 Å². The molecular weight excluding hydrogens is 307 g/mol. The number of carbonyl (C=O) groups is 1. The van der Waals surface area contributed by atoms with E-state index in [2.05, 4.69) is 10.3 Å². The number of imidazole rings is 1. The third-order valence-electron chi connectivity index (χ3n) is 2.48. The number of hydrogen-bond donors (Lipinski definition) is 1. The van der Waals surface area contributed by atoms with Gasteiger partial charge in [0.05, 0.1) is 10.0 Å². The van der Waals surface area contributed by atoms with Crippen molar-refractivity contribution in [1.29, 1.82) is 0 Å². The highest BCUT2D eigenvalue weighted by atomic mass is 35.5. The minimum atomic E-state index is -0.718. The number of anilines is 1. The average Bonchev–Trinajstić information content (AvgIpc) is 2.76. The van der Waals surface area contributed by atoms with Crippen LogP contribution in [0.5, 0.6) is 0 Å². The van der Waals surface area contributed by atoms with Crippen LogP contribution in [-0.4, -0.2) is 20.4 Å². The minimum absolute atomic E-state index is 0.152. The van der Waals surface area contributed by atoms with E-state index >= 15 is 0 Å². The first-order valence-electron chi connectivity index (χ1n) is 5.32. The summed E-state index contributed by atoms with van der Waals surface area (Å²) in [6, 6.07) is 4.50. The topological polar surface area (TPSA) is 90.1 Å². The smallest absolute Gasteiger partial charge is 0.358 e. The number of amides is 1. The summed E-state index contributed by atoms with van der Waals surface area (Å²) in [4.78, 5) is 25.7. The second kappa shape index (κ2) is 5.48. The Labute approximate surface area is 123 Å². The molecule has 7 nitrogen and oxygen atoms in total. The number of aryl methyl sites for hydroxylation is 1. The van der Waals surface area contributed by atoms with Gasteiger partial charge >= 0.3 is 5.82 Å². The molecule has 0 atom stereocenters. The highest BCUT2D eigenvalue weighted by molar-refractivity contribution is 6.42. The van der Waals surface area contributed by atoms with Crippen molar-refractivity contribution in [2.75, 3.05) is 5.32 Å². The molecule has 9 heteroatoms. The number of nitro groups is 1. The highest BCUT2D eigenvalue weighted by Crippen LogP contribution is 2.25. The number of halogens is 2. The molecule has 0 aliphatic carbocycles. The predicted octanol–water partition coefficient (Wildman–Crippen LogP) is 2.89. The number of hydrogen-bond acceptors (Lipinski definition) is 4. The lowest BCUT2D eigenvalue weighted by molar-refractivity contribution is -0.389. The summed E-state index contributed by atoms with van der Waals surface area (Å²) in [5.74, 6) is -1.17. The van der Waals surface area contributed by atoms with Crippen molar-refractivity contribution in [3.63, 3.8) is 0 Å². The van der Waals surface area contributed by atoms with E-state index in [1.165, 1.54) is 36.1 Å². The van der Waals surface area contributed by atoms with Crippen LogP contribution in [0.25, 0.3) is 0 Å². The lowest BCUT2D eigenvalue weighted by atomic mass is 10.3. The molecule has 2 rings (SSSR count). The van der Waals surface area contributed by atoms with E-state index in [1.54, 1.807) is 0 Å². The average molecular weight is 315 g/mol. The van der Waals surface area contributed by atoms with Crippen LogP contribution < -0.4 is 5.32 Å². The Balaban J connectivity index is 2.30. The summed E-state index contributed by atoms with van der Waals surface area (Å²) in [6.07, 6.45) is 1.20. The molecule has 0 radical (unpaired) electrons. The third kappa shape index (κ3) is 2.73. The minimum Gasteiger partial charge on any atom is -0.358 e. The van der Waals surface area contributed by atoms with Crippen molar-refractivity contribution in [2.45, 2.75) is 0 Å². The Bertz CT molecular complexity index is 699. The molecule has 0 bridgehead atoms. The second-order valence-electron chi connectivity index (χ2n) is 3.87. The van der Waals surface area contributed by atoms with E-state index in [-0.39, 0.29) is 10.7 Å².